The molecule has 1 aliphatic heterocycles. The first-order valence-electron chi connectivity index (χ1n) is 5.60. The van der Waals surface area contributed by atoms with Crippen molar-refractivity contribution in [2.45, 2.75) is 24.7 Å². The molecule has 1 unspecified atom stereocenters. The number of carbonyl (C=O) groups is 3. The summed E-state index contributed by atoms with van der Waals surface area (Å²) in [6.07, 6.45) is 0.916. The topological polar surface area (TPSA) is 63.2 Å². The van der Waals surface area contributed by atoms with Gasteiger partial charge in [0.25, 0.3) is 0 Å². The minimum absolute atomic E-state index is 0.00917. The van der Waals surface area contributed by atoms with Crippen molar-refractivity contribution in [3.8, 4) is 0 Å². The lowest BCUT2D eigenvalue weighted by atomic mass is 9.75. The van der Waals surface area contributed by atoms with Gasteiger partial charge in [-0.05, 0) is 12.0 Å². The van der Waals surface area contributed by atoms with Crippen LogP contribution in [-0.2, 0) is 15.0 Å². The highest BCUT2D eigenvalue weighted by Gasteiger charge is 2.51. The minimum Gasteiger partial charge on any atom is -0.296 e. The standard InChI is InChI=1S/C13H11NO3/c15-10-7-13(6-5-11(16)14-12(13)17)9-4-2-1-3-8(9)10/h1-4H,5-7H2,(H,14,16,17). The summed E-state index contributed by atoms with van der Waals surface area (Å²) in [5.74, 6) is -0.588. The predicted molar refractivity (Wildman–Crippen MR) is 59.5 cm³/mol. The lowest BCUT2D eigenvalue weighted by Gasteiger charge is -2.31. The number of amides is 2. The summed E-state index contributed by atoms with van der Waals surface area (Å²) in [7, 11) is 0. The first-order valence-corrected chi connectivity index (χ1v) is 5.60. The van der Waals surface area contributed by atoms with Gasteiger partial charge in [0, 0.05) is 18.4 Å². The molecule has 17 heavy (non-hydrogen) atoms. The molecule has 0 bridgehead atoms. The number of nitrogens with one attached hydrogen (secondary N) is 1. The van der Waals surface area contributed by atoms with Gasteiger partial charge >= 0.3 is 0 Å². The molecule has 86 valence electrons. The molecule has 2 aliphatic rings. The van der Waals surface area contributed by atoms with E-state index in [0.717, 1.165) is 5.56 Å². The van der Waals surface area contributed by atoms with Crippen LogP contribution in [-0.4, -0.2) is 17.6 Å². The first kappa shape index (κ1) is 10.2. The van der Waals surface area contributed by atoms with E-state index >= 15 is 0 Å². The predicted octanol–water partition coefficient (Wildman–Crippen LogP) is 0.947. The van der Waals surface area contributed by atoms with Crippen LogP contribution in [0.1, 0.15) is 35.2 Å². The van der Waals surface area contributed by atoms with E-state index in [1.807, 2.05) is 12.1 Å². The van der Waals surface area contributed by atoms with Crippen molar-refractivity contribution < 1.29 is 14.4 Å². The molecule has 1 aromatic rings. The van der Waals surface area contributed by atoms with Crippen LogP contribution in [0.3, 0.4) is 0 Å². The van der Waals surface area contributed by atoms with Gasteiger partial charge in [-0.3, -0.25) is 19.7 Å². The molecule has 1 saturated heterocycles. The van der Waals surface area contributed by atoms with Crippen LogP contribution >= 0.6 is 0 Å². The number of carbonyl (C=O) groups excluding carboxylic acids is 3. The van der Waals surface area contributed by atoms with Gasteiger partial charge < -0.3 is 0 Å². The number of Topliss-reactive ketones (excluding diaryl/α,β-unsaturated/α-hetero) is 1. The van der Waals surface area contributed by atoms with Crippen LogP contribution in [0.25, 0.3) is 0 Å². The molecule has 0 aromatic heterocycles. The Kier molecular flexibility index (Phi) is 1.96. The molecule has 1 heterocycles. The van der Waals surface area contributed by atoms with E-state index in [9.17, 15) is 14.4 Å². The fraction of sp³-hybridized carbons (Fsp3) is 0.308. The smallest absolute Gasteiger partial charge is 0.237 e. The van der Waals surface area contributed by atoms with E-state index in [1.165, 1.54) is 0 Å². The molecule has 1 N–H and O–H groups in total. The van der Waals surface area contributed by atoms with Crippen molar-refractivity contribution in [1.82, 2.24) is 5.32 Å². The Hall–Kier alpha value is -1.97. The van der Waals surface area contributed by atoms with Gasteiger partial charge in [0.15, 0.2) is 5.78 Å². The monoisotopic (exact) mass is 229 g/mol. The summed E-state index contributed by atoms with van der Waals surface area (Å²) in [4.78, 5) is 35.1. The molecule has 0 saturated carbocycles. The quantitative estimate of drug-likeness (QED) is 0.673. The molecule has 2 amide bonds. The Labute approximate surface area is 98.0 Å². The summed E-state index contributed by atoms with van der Waals surface area (Å²) in [6, 6.07) is 7.18. The number of hydrogen-bond donors (Lipinski definition) is 1. The highest BCUT2D eigenvalue weighted by atomic mass is 16.2. The van der Waals surface area contributed by atoms with Crippen LogP contribution in [0.15, 0.2) is 24.3 Å². The third-order valence-electron chi connectivity index (χ3n) is 3.67. The van der Waals surface area contributed by atoms with Crippen LogP contribution in [0, 0.1) is 0 Å². The number of imide groups is 1. The molecular weight excluding hydrogens is 218 g/mol. The number of ketones is 1. The number of benzene rings is 1. The first-order chi connectivity index (χ1) is 8.13. The molecule has 3 rings (SSSR count). The average Bonchev–Trinajstić information content (AvgIpc) is 2.60. The van der Waals surface area contributed by atoms with Gasteiger partial charge in [0.05, 0.1) is 5.41 Å². The Morgan fingerprint density at radius 1 is 1.12 bits per heavy atom. The number of hydrogen-bond acceptors (Lipinski definition) is 3. The fourth-order valence-electron chi connectivity index (χ4n) is 2.78. The number of fused-ring (bicyclic) bond motifs is 2. The maximum atomic E-state index is 12.1. The molecule has 1 aromatic carbocycles. The SMILES string of the molecule is O=C1CCC2(CC(=O)c3ccccc32)C(=O)N1. The Bertz CT molecular complexity index is 549. The van der Waals surface area contributed by atoms with Crippen LogP contribution < -0.4 is 5.32 Å². The lowest BCUT2D eigenvalue weighted by molar-refractivity contribution is -0.137. The van der Waals surface area contributed by atoms with Crippen molar-refractivity contribution in [1.29, 1.82) is 0 Å². The fourth-order valence-corrected chi connectivity index (χ4v) is 2.78. The zero-order chi connectivity index (χ0) is 12.0. The largest absolute Gasteiger partial charge is 0.296 e. The van der Waals surface area contributed by atoms with Crippen molar-refractivity contribution in [3.05, 3.63) is 35.4 Å². The second kappa shape index (κ2) is 3.26. The second-order valence-electron chi connectivity index (χ2n) is 4.60. The normalized spacial score (nSPS) is 27.2. The van der Waals surface area contributed by atoms with Crippen molar-refractivity contribution in [2.24, 2.45) is 0 Å². The molecule has 1 spiro atoms. The van der Waals surface area contributed by atoms with Crippen LogP contribution in [0.5, 0.6) is 0 Å². The van der Waals surface area contributed by atoms with E-state index in [4.69, 9.17) is 0 Å². The lowest BCUT2D eigenvalue weighted by Crippen LogP contribution is -2.50. The van der Waals surface area contributed by atoms with E-state index in [-0.39, 0.29) is 24.0 Å². The van der Waals surface area contributed by atoms with Crippen molar-refractivity contribution in [2.75, 3.05) is 0 Å². The van der Waals surface area contributed by atoms with Gasteiger partial charge in [-0.2, -0.15) is 0 Å². The van der Waals surface area contributed by atoms with E-state index < -0.39 is 5.41 Å². The molecule has 4 nitrogen and oxygen atoms in total. The van der Waals surface area contributed by atoms with Crippen molar-refractivity contribution in [3.63, 3.8) is 0 Å². The summed E-state index contributed by atoms with van der Waals surface area (Å²) < 4.78 is 0. The summed E-state index contributed by atoms with van der Waals surface area (Å²) in [5, 5.41) is 2.34. The third-order valence-corrected chi connectivity index (χ3v) is 3.67. The minimum atomic E-state index is -0.804. The highest BCUT2D eigenvalue weighted by molar-refractivity contribution is 6.13. The van der Waals surface area contributed by atoms with Gasteiger partial charge in [-0.25, -0.2) is 0 Å². The zero-order valence-corrected chi connectivity index (χ0v) is 9.16. The van der Waals surface area contributed by atoms with Crippen LogP contribution in [0.4, 0.5) is 0 Å². The average molecular weight is 229 g/mol. The van der Waals surface area contributed by atoms with E-state index in [2.05, 4.69) is 5.32 Å². The summed E-state index contributed by atoms with van der Waals surface area (Å²) in [5.41, 5.74) is 0.591. The van der Waals surface area contributed by atoms with E-state index in [1.54, 1.807) is 12.1 Å². The Balaban J connectivity index is 2.14. The maximum absolute atomic E-state index is 12.1. The summed E-state index contributed by atoms with van der Waals surface area (Å²) >= 11 is 0. The molecule has 1 aliphatic carbocycles. The Morgan fingerprint density at radius 2 is 1.88 bits per heavy atom. The summed E-state index contributed by atoms with van der Waals surface area (Å²) in [6.45, 7) is 0. The van der Waals surface area contributed by atoms with Gasteiger partial charge in [0.2, 0.25) is 11.8 Å². The molecule has 4 heteroatoms. The molecular formula is C13H11NO3. The molecule has 1 fully saturated rings. The van der Waals surface area contributed by atoms with Crippen LogP contribution in [0.2, 0.25) is 0 Å². The van der Waals surface area contributed by atoms with Gasteiger partial charge in [-0.15, -0.1) is 0 Å². The second-order valence-corrected chi connectivity index (χ2v) is 4.60. The molecule has 1 atom stereocenters. The zero-order valence-electron chi connectivity index (χ0n) is 9.16. The van der Waals surface area contributed by atoms with E-state index in [0.29, 0.717) is 18.4 Å². The third kappa shape index (κ3) is 1.27. The molecule has 0 radical (unpaired) electrons. The highest BCUT2D eigenvalue weighted by Crippen LogP contribution is 2.43. The number of rotatable bonds is 0. The van der Waals surface area contributed by atoms with Gasteiger partial charge in [0.1, 0.15) is 0 Å². The Morgan fingerprint density at radius 3 is 2.65 bits per heavy atom. The number of piperidine rings is 1. The van der Waals surface area contributed by atoms with Gasteiger partial charge in [-0.1, -0.05) is 24.3 Å². The maximum Gasteiger partial charge on any atom is 0.237 e. The van der Waals surface area contributed by atoms with Crippen molar-refractivity contribution >= 4 is 17.6 Å².